The number of aryl methyl sites for hydroxylation is 1. The largest absolute Gasteiger partial charge is 0.496 e. The molecule has 4 heteroatoms. The maximum absolute atomic E-state index is 6.08. The van der Waals surface area contributed by atoms with E-state index < -0.39 is 0 Å². The predicted molar refractivity (Wildman–Crippen MR) is 77.3 cm³/mol. The Bertz CT molecular complexity index is 594. The van der Waals surface area contributed by atoms with Gasteiger partial charge in [0.25, 0.3) is 0 Å². The Kier molecular flexibility index (Phi) is 3.69. The van der Waals surface area contributed by atoms with Crippen molar-refractivity contribution in [3.05, 3.63) is 35.8 Å². The molecular weight excluding hydrogens is 238 g/mol. The molecule has 0 aliphatic carbocycles. The van der Waals surface area contributed by atoms with Crippen LogP contribution in [0.5, 0.6) is 5.75 Å². The maximum Gasteiger partial charge on any atom is 0.128 e. The van der Waals surface area contributed by atoms with Gasteiger partial charge in [-0.25, -0.2) is 9.97 Å². The predicted octanol–water partition coefficient (Wildman–Crippen LogP) is 3.17. The number of nitrogen functional groups attached to an aromatic ring is 1. The maximum atomic E-state index is 6.08. The van der Waals surface area contributed by atoms with Gasteiger partial charge >= 0.3 is 0 Å². The Morgan fingerprint density at radius 2 is 1.95 bits per heavy atom. The van der Waals surface area contributed by atoms with E-state index in [2.05, 4.69) is 35.9 Å². The molecule has 4 nitrogen and oxygen atoms in total. The third-order valence-electron chi connectivity index (χ3n) is 3.23. The van der Waals surface area contributed by atoms with Gasteiger partial charge in [0.1, 0.15) is 17.8 Å². The highest BCUT2D eigenvalue weighted by Gasteiger charge is 2.14. The van der Waals surface area contributed by atoms with E-state index in [1.165, 1.54) is 11.9 Å². The van der Waals surface area contributed by atoms with Crippen LogP contribution in [-0.2, 0) is 0 Å². The van der Waals surface area contributed by atoms with Crippen molar-refractivity contribution in [2.45, 2.75) is 26.7 Å². The molecule has 2 rings (SSSR count). The van der Waals surface area contributed by atoms with Crippen LogP contribution >= 0.6 is 0 Å². The number of anilines is 1. The monoisotopic (exact) mass is 257 g/mol. The van der Waals surface area contributed by atoms with Gasteiger partial charge in [-0.1, -0.05) is 19.9 Å². The van der Waals surface area contributed by atoms with Gasteiger partial charge in [0.2, 0.25) is 0 Å². The Morgan fingerprint density at radius 3 is 2.58 bits per heavy atom. The summed E-state index contributed by atoms with van der Waals surface area (Å²) in [7, 11) is 1.65. The van der Waals surface area contributed by atoms with Gasteiger partial charge in [-0.05, 0) is 30.5 Å². The van der Waals surface area contributed by atoms with Gasteiger partial charge in [0, 0.05) is 5.56 Å². The van der Waals surface area contributed by atoms with Crippen molar-refractivity contribution in [3.8, 4) is 17.0 Å². The van der Waals surface area contributed by atoms with Crippen LogP contribution in [0, 0.1) is 6.92 Å². The van der Waals surface area contributed by atoms with Crippen LogP contribution in [0.15, 0.2) is 24.5 Å². The second-order valence-corrected chi connectivity index (χ2v) is 4.84. The summed E-state index contributed by atoms with van der Waals surface area (Å²) in [5.74, 6) is 1.21. The van der Waals surface area contributed by atoms with Crippen LogP contribution in [-0.4, -0.2) is 17.1 Å². The van der Waals surface area contributed by atoms with Crippen molar-refractivity contribution in [1.82, 2.24) is 9.97 Å². The minimum Gasteiger partial charge on any atom is -0.496 e. The Labute approximate surface area is 113 Å². The van der Waals surface area contributed by atoms with Crippen molar-refractivity contribution in [3.63, 3.8) is 0 Å². The number of methoxy groups -OCH3 is 1. The molecule has 2 aromatic rings. The lowest BCUT2D eigenvalue weighted by Crippen LogP contribution is -2.01. The van der Waals surface area contributed by atoms with Crippen LogP contribution < -0.4 is 10.5 Å². The minimum absolute atomic E-state index is 0.439. The van der Waals surface area contributed by atoms with E-state index >= 15 is 0 Å². The van der Waals surface area contributed by atoms with Crippen molar-refractivity contribution < 1.29 is 4.74 Å². The first kappa shape index (κ1) is 13.3. The summed E-state index contributed by atoms with van der Waals surface area (Å²) in [5, 5.41) is 0. The second-order valence-electron chi connectivity index (χ2n) is 4.84. The normalized spacial score (nSPS) is 10.8. The zero-order valence-electron chi connectivity index (χ0n) is 11.8. The number of aromatic nitrogens is 2. The van der Waals surface area contributed by atoms with Crippen LogP contribution in [0.3, 0.4) is 0 Å². The molecule has 100 valence electrons. The number of ether oxygens (including phenoxy) is 1. The van der Waals surface area contributed by atoms with Gasteiger partial charge in [-0.3, -0.25) is 0 Å². The average Bonchev–Trinajstić information content (AvgIpc) is 2.41. The van der Waals surface area contributed by atoms with E-state index in [0.717, 1.165) is 22.7 Å². The Balaban J connectivity index is 2.65. The highest BCUT2D eigenvalue weighted by molar-refractivity contribution is 5.78. The number of hydrogen-bond donors (Lipinski definition) is 1. The fourth-order valence-corrected chi connectivity index (χ4v) is 1.97. The number of nitrogens with two attached hydrogens (primary N) is 1. The fourth-order valence-electron chi connectivity index (χ4n) is 1.97. The molecule has 0 radical (unpaired) electrons. The van der Waals surface area contributed by atoms with Crippen molar-refractivity contribution in [2.75, 3.05) is 12.8 Å². The van der Waals surface area contributed by atoms with Gasteiger partial charge < -0.3 is 10.5 Å². The summed E-state index contributed by atoms with van der Waals surface area (Å²) in [4.78, 5) is 8.40. The molecule has 0 bridgehead atoms. The lowest BCUT2D eigenvalue weighted by Gasteiger charge is -2.14. The van der Waals surface area contributed by atoms with E-state index in [1.807, 2.05) is 13.0 Å². The van der Waals surface area contributed by atoms with E-state index in [0.29, 0.717) is 11.6 Å². The first-order valence-corrected chi connectivity index (χ1v) is 6.30. The third-order valence-corrected chi connectivity index (χ3v) is 3.23. The zero-order chi connectivity index (χ0) is 14.0. The third kappa shape index (κ3) is 2.52. The molecule has 0 amide bonds. The van der Waals surface area contributed by atoms with E-state index in [1.54, 1.807) is 7.11 Å². The molecule has 0 saturated carbocycles. The van der Waals surface area contributed by atoms with Gasteiger partial charge in [-0.15, -0.1) is 0 Å². The highest BCUT2D eigenvalue weighted by Crippen LogP contribution is 2.35. The van der Waals surface area contributed by atoms with Crippen molar-refractivity contribution in [2.24, 2.45) is 0 Å². The summed E-state index contributed by atoms with van der Waals surface area (Å²) in [6.07, 6.45) is 1.53. The summed E-state index contributed by atoms with van der Waals surface area (Å²) in [6, 6.07) is 6.11. The van der Waals surface area contributed by atoms with Gasteiger partial charge in [0.05, 0.1) is 18.5 Å². The van der Waals surface area contributed by atoms with E-state index in [-0.39, 0.29) is 0 Å². The molecule has 0 fully saturated rings. The first-order valence-electron chi connectivity index (χ1n) is 6.30. The highest BCUT2D eigenvalue weighted by atomic mass is 16.5. The van der Waals surface area contributed by atoms with Crippen LogP contribution in [0.4, 0.5) is 5.69 Å². The Morgan fingerprint density at radius 1 is 1.21 bits per heavy atom. The van der Waals surface area contributed by atoms with E-state index in [9.17, 15) is 0 Å². The summed E-state index contributed by atoms with van der Waals surface area (Å²) >= 11 is 0. The molecule has 2 N–H and O–H groups in total. The molecule has 19 heavy (non-hydrogen) atoms. The zero-order valence-corrected chi connectivity index (χ0v) is 11.8. The minimum atomic E-state index is 0.439. The van der Waals surface area contributed by atoms with Crippen LogP contribution in [0.1, 0.15) is 31.0 Å². The summed E-state index contributed by atoms with van der Waals surface area (Å²) in [5.41, 5.74) is 10.3. The summed E-state index contributed by atoms with van der Waals surface area (Å²) in [6.45, 7) is 6.18. The Hall–Kier alpha value is -2.10. The quantitative estimate of drug-likeness (QED) is 0.917. The molecule has 0 unspecified atom stereocenters. The SMILES string of the molecule is COc1ccc(C(C)C)cc1-c1ncnc(C)c1N. The lowest BCUT2D eigenvalue weighted by atomic mass is 9.98. The van der Waals surface area contributed by atoms with Crippen LogP contribution in [0.2, 0.25) is 0 Å². The average molecular weight is 257 g/mol. The fraction of sp³-hybridized carbons (Fsp3) is 0.333. The van der Waals surface area contributed by atoms with Crippen LogP contribution in [0.25, 0.3) is 11.3 Å². The molecular formula is C15H19N3O. The molecule has 1 aromatic heterocycles. The molecule has 0 aliphatic rings. The molecule has 0 aliphatic heterocycles. The first-order chi connectivity index (χ1) is 9.04. The van der Waals surface area contributed by atoms with Crippen molar-refractivity contribution >= 4 is 5.69 Å². The molecule has 1 aromatic carbocycles. The molecule has 0 saturated heterocycles. The van der Waals surface area contributed by atoms with Gasteiger partial charge in [-0.2, -0.15) is 0 Å². The lowest BCUT2D eigenvalue weighted by molar-refractivity contribution is 0.416. The standard InChI is InChI=1S/C15H19N3O/c1-9(2)11-5-6-13(19-4)12(7-11)15-14(16)10(3)17-8-18-15/h5-9H,16H2,1-4H3. The second kappa shape index (κ2) is 5.26. The van der Waals surface area contributed by atoms with Gasteiger partial charge in [0.15, 0.2) is 0 Å². The number of hydrogen-bond acceptors (Lipinski definition) is 4. The molecule has 0 atom stereocenters. The summed E-state index contributed by atoms with van der Waals surface area (Å²) < 4.78 is 5.41. The molecule has 0 spiro atoms. The number of nitrogens with zero attached hydrogens (tertiary/aromatic N) is 2. The smallest absolute Gasteiger partial charge is 0.128 e. The topological polar surface area (TPSA) is 61.0 Å². The molecule has 1 heterocycles. The number of rotatable bonds is 3. The number of benzene rings is 1. The van der Waals surface area contributed by atoms with E-state index in [4.69, 9.17) is 10.5 Å². The van der Waals surface area contributed by atoms with Crippen molar-refractivity contribution in [1.29, 1.82) is 0 Å².